The minimum absolute atomic E-state index is 0.143. The van der Waals surface area contributed by atoms with Crippen LogP contribution >= 0.6 is 34.8 Å². The van der Waals surface area contributed by atoms with Crippen molar-refractivity contribution < 1.29 is 0 Å². The first-order chi connectivity index (χ1) is 8.09. The summed E-state index contributed by atoms with van der Waals surface area (Å²) in [6, 6.07) is 9.63. The van der Waals surface area contributed by atoms with Crippen LogP contribution in [0.1, 0.15) is 0 Å². The number of aromatic nitrogens is 2. The van der Waals surface area contributed by atoms with Crippen molar-refractivity contribution in [3.05, 3.63) is 45.7 Å². The van der Waals surface area contributed by atoms with Crippen molar-refractivity contribution in [3.8, 4) is 0 Å². The van der Waals surface area contributed by atoms with Crippen LogP contribution in [-0.4, -0.2) is 17.0 Å². The van der Waals surface area contributed by atoms with Crippen LogP contribution in [0.25, 0.3) is 0 Å². The molecule has 0 spiro atoms. The number of rotatable bonds is 2. The normalized spacial score (nSPS) is 10.4. The number of nitrogens with zero attached hydrogens (tertiary/aromatic N) is 3. The van der Waals surface area contributed by atoms with Crippen LogP contribution in [-0.2, 0) is 0 Å². The molecule has 0 aliphatic rings. The van der Waals surface area contributed by atoms with E-state index < -0.39 is 0 Å². The molecule has 2 rings (SSSR count). The Bertz CT molecular complexity index is 508. The average Bonchev–Trinajstić information content (AvgIpc) is 2.35. The van der Waals surface area contributed by atoms with Gasteiger partial charge in [0.1, 0.15) is 5.02 Å². The summed E-state index contributed by atoms with van der Waals surface area (Å²) in [7, 11) is 1.82. The molecule has 17 heavy (non-hydrogen) atoms. The molecule has 1 heterocycles. The molecule has 3 nitrogen and oxygen atoms in total. The molecule has 6 heteroatoms. The monoisotopic (exact) mass is 287 g/mol. The Morgan fingerprint density at radius 2 is 1.47 bits per heavy atom. The highest BCUT2D eigenvalue weighted by molar-refractivity contribution is 6.46. The highest BCUT2D eigenvalue weighted by atomic mass is 35.5. The van der Waals surface area contributed by atoms with Gasteiger partial charge in [0.05, 0.1) is 0 Å². The van der Waals surface area contributed by atoms with Crippen molar-refractivity contribution in [2.45, 2.75) is 0 Å². The van der Waals surface area contributed by atoms with Gasteiger partial charge in [-0.05, 0) is 12.1 Å². The smallest absolute Gasteiger partial charge is 0.232 e. The van der Waals surface area contributed by atoms with Gasteiger partial charge in [0.25, 0.3) is 0 Å². The van der Waals surface area contributed by atoms with E-state index in [1.165, 1.54) is 0 Å². The highest BCUT2D eigenvalue weighted by Crippen LogP contribution is 2.30. The van der Waals surface area contributed by atoms with Crippen molar-refractivity contribution in [2.24, 2.45) is 0 Å². The first kappa shape index (κ1) is 12.4. The lowest BCUT2D eigenvalue weighted by atomic mass is 10.3. The van der Waals surface area contributed by atoms with Crippen molar-refractivity contribution in [1.29, 1.82) is 0 Å². The van der Waals surface area contributed by atoms with Crippen LogP contribution in [0.5, 0.6) is 0 Å². The largest absolute Gasteiger partial charge is 0.314 e. The Labute approximate surface area is 114 Å². The fourth-order valence-corrected chi connectivity index (χ4v) is 1.76. The third-order valence-corrected chi connectivity index (χ3v) is 3.30. The van der Waals surface area contributed by atoms with Gasteiger partial charge in [0, 0.05) is 12.7 Å². The van der Waals surface area contributed by atoms with Gasteiger partial charge >= 0.3 is 0 Å². The quantitative estimate of drug-likeness (QED) is 0.775. The van der Waals surface area contributed by atoms with E-state index in [0.29, 0.717) is 5.95 Å². The SMILES string of the molecule is CN(c1ccccc1)c1nc(Cl)c(Cl)c(Cl)n1. The first-order valence-corrected chi connectivity index (χ1v) is 5.90. The van der Waals surface area contributed by atoms with Gasteiger partial charge in [0.15, 0.2) is 10.3 Å². The molecule has 2 aromatic rings. The molecule has 88 valence electrons. The molecule has 0 aliphatic heterocycles. The second-order valence-electron chi connectivity index (χ2n) is 3.31. The highest BCUT2D eigenvalue weighted by Gasteiger charge is 2.13. The fraction of sp³-hybridized carbons (Fsp3) is 0.0909. The molecule has 0 radical (unpaired) electrons. The van der Waals surface area contributed by atoms with E-state index in [2.05, 4.69) is 9.97 Å². The number of anilines is 2. The summed E-state index contributed by atoms with van der Waals surface area (Å²) in [6.07, 6.45) is 0. The van der Waals surface area contributed by atoms with Crippen LogP contribution < -0.4 is 4.90 Å². The summed E-state index contributed by atoms with van der Waals surface area (Å²) in [4.78, 5) is 9.92. The predicted octanol–water partition coefficient (Wildman–Crippen LogP) is 4.20. The molecule has 1 aromatic carbocycles. The second-order valence-corrected chi connectivity index (χ2v) is 4.41. The zero-order chi connectivity index (χ0) is 12.4. The molecule has 0 amide bonds. The van der Waals surface area contributed by atoms with Gasteiger partial charge in [-0.25, -0.2) is 0 Å². The lowest BCUT2D eigenvalue weighted by molar-refractivity contribution is 1.04. The summed E-state index contributed by atoms with van der Waals surface area (Å²) in [5.41, 5.74) is 0.932. The number of halogens is 3. The molecule has 0 atom stereocenters. The number of hydrogen-bond acceptors (Lipinski definition) is 3. The standard InChI is InChI=1S/C11H8Cl3N3/c1-17(7-5-3-2-4-6-7)11-15-9(13)8(12)10(14)16-11/h2-6H,1H3. The molecular formula is C11H8Cl3N3. The Balaban J connectivity index is 2.41. The van der Waals surface area contributed by atoms with E-state index in [9.17, 15) is 0 Å². The topological polar surface area (TPSA) is 29.0 Å². The van der Waals surface area contributed by atoms with E-state index in [4.69, 9.17) is 34.8 Å². The third-order valence-electron chi connectivity index (χ3n) is 2.20. The molecule has 0 bridgehead atoms. The zero-order valence-electron chi connectivity index (χ0n) is 8.86. The molecule has 0 unspecified atom stereocenters. The second kappa shape index (κ2) is 5.08. The number of hydrogen-bond donors (Lipinski definition) is 0. The van der Waals surface area contributed by atoms with E-state index in [1.807, 2.05) is 37.4 Å². The van der Waals surface area contributed by atoms with Crippen LogP contribution in [0.2, 0.25) is 15.3 Å². The van der Waals surface area contributed by atoms with Crippen molar-refractivity contribution >= 4 is 46.4 Å². The maximum Gasteiger partial charge on any atom is 0.232 e. The van der Waals surface area contributed by atoms with Crippen molar-refractivity contribution in [1.82, 2.24) is 9.97 Å². The third kappa shape index (κ3) is 2.63. The van der Waals surface area contributed by atoms with Crippen LogP contribution in [0.4, 0.5) is 11.6 Å². The van der Waals surface area contributed by atoms with E-state index in [0.717, 1.165) is 5.69 Å². The zero-order valence-corrected chi connectivity index (χ0v) is 11.1. The summed E-state index contributed by atoms with van der Waals surface area (Å²) in [5.74, 6) is 0.399. The van der Waals surface area contributed by atoms with Gasteiger partial charge in [-0.1, -0.05) is 53.0 Å². The lowest BCUT2D eigenvalue weighted by Gasteiger charge is -2.17. The Morgan fingerprint density at radius 3 is 2.00 bits per heavy atom. The van der Waals surface area contributed by atoms with Gasteiger partial charge in [-0.15, -0.1) is 0 Å². The summed E-state index contributed by atoms with van der Waals surface area (Å²) >= 11 is 17.5. The van der Waals surface area contributed by atoms with Gasteiger partial charge in [-0.2, -0.15) is 9.97 Å². The van der Waals surface area contributed by atoms with Gasteiger partial charge < -0.3 is 4.90 Å². The van der Waals surface area contributed by atoms with E-state index in [1.54, 1.807) is 4.90 Å². The lowest BCUT2D eigenvalue weighted by Crippen LogP contribution is -2.13. The molecule has 0 N–H and O–H groups in total. The summed E-state index contributed by atoms with van der Waals surface area (Å²) < 4.78 is 0. The minimum Gasteiger partial charge on any atom is -0.314 e. The van der Waals surface area contributed by atoms with Crippen LogP contribution in [0.15, 0.2) is 30.3 Å². The maximum absolute atomic E-state index is 5.86. The molecule has 0 saturated carbocycles. The molecule has 0 fully saturated rings. The van der Waals surface area contributed by atoms with E-state index >= 15 is 0 Å². The van der Waals surface area contributed by atoms with Crippen molar-refractivity contribution in [3.63, 3.8) is 0 Å². The van der Waals surface area contributed by atoms with E-state index in [-0.39, 0.29) is 15.3 Å². The van der Waals surface area contributed by atoms with Crippen LogP contribution in [0.3, 0.4) is 0 Å². The Kier molecular flexibility index (Phi) is 3.72. The molecule has 0 saturated heterocycles. The fourth-order valence-electron chi connectivity index (χ4n) is 1.30. The number of benzene rings is 1. The minimum atomic E-state index is 0.143. The molecular weight excluding hydrogens is 281 g/mol. The Morgan fingerprint density at radius 1 is 0.941 bits per heavy atom. The first-order valence-electron chi connectivity index (χ1n) is 4.77. The maximum atomic E-state index is 5.86. The average molecular weight is 289 g/mol. The summed E-state index contributed by atoms with van der Waals surface area (Å²) in [5, 5.41) is 0.451. The van der Waals surface area contributed by atoms with Crippen molar-refractivity contribution in [2.75, 3.05) is 11.9 Å². The van der Waals surface area contributed by atoms with Gasteiger partial charge in [0.2, 0.25) is 5.95 Å². The molecule has 0 aliphatic carbocycles. The number of para-hydroxylation sites is 1. The predicted molar refractivity (Wildman–Crippen MR) is 71.6 cm³/mol. The summed E-state index contributed by atoms with van der Waals surface area (Å²) in [6.45, 7) is 0. The Hall–Kier alpha value is -1.03. The van der Waals surface area contributed by atoms with Crippen LogP contribution in [0, 0.1) is 0 Å². The van der Waals surface area contributed by atoms with Gasteiger partial charge in [-0.3, -0.25) is 0 Å². The molecule has 1 aromatic heterocycles.